The van der Waals surface area contributed by atoms with E-state index in [0.717, 1.165) is 16.9 Å². The summed E-state index contributed by atoms with van der Waals surface area (Å²) in [6.07, 6.45) is 2.15. The summed E-state index contributed by atoms with van der Waals surface area (Å²) in [4.78, 5) is 0. The van der Waals surface area contributed by atoms with Gasteiger partial charge in [0, 0.05) is 12.6 Å². The first-order valence-electron chi connectivity index (χ1n) is 7.17. The summed E-state index contributed by atoms with van der Waals surface area (Å²) in [6, 6.07) is 18.2. The molecule has 1 aliphatic rings. The summed E-state index contributed by atoms with van der Waals surface area (Å²) in [5, 5.41) is 6.36. The molecule has 0 spiro atoms. The largest absolute Gasteiger partial charge is 0.497 e. The number of ether oxygens (including phenoxy) is 1. The van der Waals surface area contributed by atoms with E-state index in [-0.39, 0.29) is 6.04 Å². The molecule has 0 radical (unpaired) electrons. The maximum absolute atomic E-state index is 6.12. The molecule has 0 aromatic heterocycles. The number of methoxy groups -OCH3 is 1. The van der Waals surface area contributed by atoms with Crippen LogP contribution in [-0.4, -0.2) is 25.0 Å². The Morgan fingerprint density at radius 3 is 2.36 bits per heavy atom. The van der Waals surface area contributed by atoms with Gasteiger partial charge in [-0.1, -0.05) is 42.5 Å². The minimum Gasteiger partial charge on any atom is -0.497 e. The summed E-state index contributed by atoms with van der Waals surface area (Å²) in [5.74, 6) is 1.35. The van der Waals surface area contributed by atoms with Gasteiger partial charge in [-0.05, 0) is 29.3 Å². The van der Waals surface area contributed by atoms with Gasteiger partial charge in [0.2, 0.25) is 0 Å². The van der Waals surface area contributed by atoms with Crippen molar-refractivity contribution in [1.29, 1.82) is 0 Å². The molecule has 1 aliphatic heterocycles. The van der Waals surface area contributed by atoms with Gasteiger partial charge in [-0.25, -0.2) is 0 Å². The monoisotopic (exact) mass is 293 g/mol. The molecule has 22 heavy (non-hydrogen) atoms. The molecule has 0 saturated carbocycles. The molecule has 4 heteroatoms. The summed E-state index contributed by atoms with van der Waals surface area (Å²) >= 11 is 0. The van der Waals surface area contributed by atoms with E-state index in [1.807, 2.05) is 54.5 Å². The van der Waals surface area contributed by atoms with Crippen LogP contribution in [0.5, 0.6) is 5.75 Å². The molecule has 0 aliphatic carbocycles. The molecule has 1 unspecified atom stereocenters. The van der Waals surface area contributed by atoms with E-state index in [4.69, 9.17) is 10.5 Å². The van der Waals surface area contributed by atoms with Crippen molar-refractivity contribution in [1.82, 2.24) is 5.01 Å². The first kappa shape index (κ1) is 14.2. The van der Waals surface area contributed by atoms with E-state index >= 15 is 0 Å². The highest BCUT2D eigenvalue weighted by Gasteiger charge is 2.21. The number of hydrogen-bond donors (Lipinski definition) is 1. The topological polar surface area (TPSA) is 50.8 Å². The molecule has 3 rings (SSSR count). The first-order chi connectivity index (χ1) is 10.7. The number of hydrogen-bond acceptors (Lipinski definition) is 4. The fourth-order valence-corrected chi connectivity index (χ4v) is 2.61. The minimum atomic E-state index is 0.0746. The smallest absolute Gasteiger partial charge is 0.151 e. The Hall–Kier alpha value is -2.75. The normalized spacial score (nSPS) is 17.7. The van der Waals surface area contributed by atoms with Crippen molar-refractivity contribution in [2.45, 2.75) is 6.04 Å². The Labute approximate surface area is 130 Å². The number of amidine groups is 1. The summed E-state index contributed by atoms with van der Waals surface area (Å²) in [7, 11) is 3.59. The predicted molar refractivity (Wildman–Crippen MR) is 89.5 cm³/mol. The third-order valence-corrected chi connectivity index (χ3v) is 3.81. The van der Waals surface area contributed by atoms with E-state index in [1.54, 1.807) is 7.11 Å². The van der Waals surface area contributed by atoms with Gasteiger partial charge in [-0.15, -0.1) is 0 Å². The number of likely N-dealkylation sites (N-methyl/N-ethyl adjacent to an activating group) is 1. The average Bonchev–Trinajstić information content (AvgIpc) is 2.56. The van der Waals surface area contributed by atoms with Crippen LogP contribution in [-0.2, 0) is 0 Å². The van der Waals surface area contributed by atoms with Crippen LogP contribution in [0, 0.1) is 0 Å². The van der Waals surface area contributed by atoms with E-state index in [9.17, 15) is 0 Å². The molecule has 0 saturated heterocycles. The Balaban J connectivity index is 1.99. The maximum Gasteiger partial charge on any atom is 0.151 e. The minimum absolute atomic E-state index is 0.0746. The van der Waals surface area contributed by atoms with Crippen molar-refractivity contribution >= 4 is 11.4 Å². The number of benzene rings is 2. The number of hydrazone groups is 1. The van der Waals surface area contributed by atoms with Crippen molar-refractivity contribution in [3.05, 3.63) is 71.8 Å². The molecule has 2 aromatic rings. The highest BCUT2D eigenvalue weighted by atomic mass is 16.5. The second-order valence-corrected chi connectivity index (χ2v) is 5.22. The van der Waals surface area contributed by atoms with Gasteiger partial charge in [0.05, 0.1) is 13.2 Å². The van der Waals surface area contributed by atoms with Crippen molar-refractivity contribution < 1.29 is 4.74 Å². The fourth-order valence-electron chi connectivity index (χ4n) is 2.61. The maximum atomic E-state index is 6.12. The van der Waals surface area contributed by atoms with Crippen molar-refractivity contribution in [2.75, 3.05) is 14.2 Å². The van der Waals surface area contributed by atoms with Gasteiger partial charge in [0.25, 0.3) is 0 Å². The Kier molecular flexibility index (Phi) is 3.83. The Morgan fingerprint density at radius 2 is 1.73 bits per heavy atom. The second kappa shape index (κ2) is 5.93. The van der Waals surface area contributed by atoms with E-state index in [2.05, 4.69) is 23.3 Å². The van der Waals surface area contributed by atoms with Gasteiger partial charge in [0.15, 0.2) is 5.84 Å². The summed E-state index contributed by atoms with van der Waals surface area (Å²) in [6.45, 7) is 0. The lowest BCUT2D eigenvalue weighted by Crippen LogP contribution is -2.29. The summed E-state index contributed by atoms with van der Waals surface area (Å²) < 4.78 is 5.20. The zero-order valence-electron chi connectivity index (χ0n) is 12.7. The average molecular weight is 293 g/mol. The Morgan fingerprint density at radius 1 is 1.05 bits per heavy atom. The lowest BCUT2D eigenvalue weighted by molar-refractivity contribution is 0.299. The summed E-state index contributed by atoms with van der Waals surface area (Å²) in [5.41, 5.74) is 9.30. The number of nitrogens with two attached hydrogens (primary N) is 1. The Bertz CT molecular complexity index is 705. The highest BCUT2D eigenvalue weighted by Crippen LogP contribution is 2.30. The second-order valence-electron chi connectivity index (χ2n) is 5.22. The molecular formula is C18H19N3O. The molecule has 4 nitrogen and oxygen atoms in total. The molecule has 1 atom stereocenters. The fraction of sp³-hybridized carbons (Fsp3) is 0.167. The number of rotatable bonds is 3. The molecule has 0 amide bonds. The lowest BCUT2D eigenvalue weighted by Gasteiger charge is -2.29. The molecule has 0 fully saturated rings. The van der Waals surface area contributed by atoms with Crippen molar-refractivity contribution in [3.63, 3.8) is 0 Å². The zero-order chi connectivity index (χ0) is 15.5. The predicted octanol–water partition coefficient (Wildman–Crippen LogP) is 3.04. The van der Waals surface area contributed by atoms with Gasteiger partial charge < -0.3 is 10.5 Å². The molecule has 2 N–H and O–H groups in total. The van der Waals surface area contributed by atoms with Crippen LogP contribution in [0.25, 0.3) is 5.57 Å². The quantitative estimate of drug-likeness (QED) is 0.946. The van der Waals surface area contributed by atoms with Crippen LogP contribution in [0.15, 0.2) is 65.8 Å². The molecule has 1 heterocycles. The van der Waals surface area contributed by atoms with Crippen LogP contribution in [0.4, 0.5) is 0 Å². The molecular weight excluding hydrogens is 274 g/mol. The lowest BCUT2D eigenvalue weighted by atomic mass is 9.97. The van der Waals surface area contributed by atoms with E-state index in [1.165, 1.54) is 5.56 Å². The zero-order valence-corrected chi connectivity index (χ0v) is 12.7. The van der Waals surface area contributed by atoms with Crippen LogP contribution in [0.3, 0.4) is 0 Å². The SMILES string of the molecule is COc1ccc(C2=CC(c3ccccc3)N(C)N=C2N)cc1. The van der Waals surface area contributed by atoms with Crippen LogP contribution < -0.4 is 10.5 Å². The molecule has 112 valence electrons. The van der Waals surface area contributed by atoms with Crippen molar-refractivity contribution in [3.8, 4) is 5.75 Å². The third-order valence-electron chi connectivity index (χ3n) is 3.81. The van der Waals surface area contributed by atoms with Crippen LogP contribution in [0.2, 0.25) is 0 Å². The van der Waals surface area contributed by atoms with Gasteiger partial charge in [-0.2, -0.15) is 5.10 Å². The number of nitrogens with zero attached hydrogens (tertiary/aromatic N) is 2. The van der Waals surface area contributed by atoms with Crippen molar-refractivity contribution in [2.24, 2.45) is 10.8 Å². The first-order valence-corrected chi connectivity index (χ1v) is 7.17. The van der Waals surface area contributed by atoms with E-state index in [0.29, 0.717) is 5.84 Å². The van der Waals surface area contributed by atoms with E-state index < -0.39 is 0 Å². The van der Waals surface area contributed by atoms with Gasteiger partial charge >= 0.3 is 0 Å². The van der Waals surface area contributed by atoms with Crippen LogP contribution in [0.1, 0.15) is 17.2 Å². The van der Waals surface area contributed by atoms with Crippen LogP contribution >= 0.6 is 0 Å². The third kappa shape index (κ3) is 2.68. The molecule has 0 bridgehead atoms. The molecule has 2 aromatic carbocycles. The van der Waals surface area contributed by atoms with Gasteiger partial charge in [0.1, 0.15) is 5.75 Å². The highest BCUT2D eigenvalue weighted by molar-refractivity contribution is 6.22. The van der Waals surface area contributed by atoms with Gasteiger partial charge in [-0.3, -0.25) is 5.01 Å². The standard InChI is InChI=1S/C18H19N3O/c1-21-17(14-6-4-3-5-7-14)12-16(18(19)20-21)13-8-10-15(22-2)11-9-13/h3-12,17H,1-2H3,(H2,19,20).